The molecule has 2 N–H and O–H groups in total. The summed E-state index contributed by atoms with van der Waals surface area (Å²) in [5, 5.41) is 13.0. The second-order valence-corrected chi connectivity index (χ2v) is 6.93. The molecule has 2 heterocycles. The van der Waals surface area contributed by atoms with Gasteiger partial charge in [-0.05, 0) is 32.6 Å². The predicted molar refractivity (Wildman–Crippen MR) is 94.2 cm³/mol. The highest BCUT2D eigenvalue weighted by Gasteiger charge is 2.32. The summed E-state index contributed by atoms with van der Waals surface area (Å²) in [5.41, 5.74) is 0. The van der Waals surface area contributed by atoms with Gasteiger partial charge in [0.15, 0.2) is 6.29 Å². The van der Waals surface area contributed by atoms with Crippen LogP contribution in [-0.4, -0.2) is 65.5 Å². The number of unbranched alkanes of at least 4 members (excludes halogenated alkanes) is 1. The molecule has 0 aliphatic carbocycles. The molecule has 2 saturated heterocycles. The molecule has 2 aliphatic heterocycles. The Labute approximate surface area is 163 Å². The maximum Gasteiger partial charge on any atom is 0.333 e. The van der Waals surface area contributed by atoms with E-state index < -0.39 is 30.2 Å². The number of hydrogen-bond acceptors (Lipinski definition) is 8. The van der Waals surface area contributed by atoms with Crippen LogP contribution in [-0.2, 0) is 33.5 Å². The summed E-state index contributed by atoms with van der Waals surface area (Å²) in [6.45, 7) is 2.44. The molecule has 0 bridgehead atoms. The van der Waals surface area contributed by atoms with Gasteiger partial charge in [-0.15, -0.1) is 5.06 Å². The summed E-state index contributed by atoms with van der Waals surface area (Å²) in [4.78, 5) is 50.8. The Morgan fingerprint density at radius 1 is 1.18 bits per heavy atom. The van der Waals surface area contributed by atoms with Gasteiger partial charge in [0, 0.05) is 32.2 Å². The lowest BCUT2D eigenvalue weighted by atomic mass is 10.1. The van der Waals surface area contributed by atoms with E-state index in [-0.39, 0.29) is 44.3 Å². The van der Waals surface area contributed by atoms with Crippen molar-refractivity contribution < 1.29 is 38.6 Å². The number of ether oxygens (including phenoxy) is 2. The Morgan fingerprint density at radius 3 is 2.57 bits per heavy atom. The normalized spacial score (nSPS) is 25.1. The Hall–Kier alpha value is -2.04. The summed E-state index contributed by atoms with van der Waals surface area (Å²) in [6, 6.07) is 0. The molecule has 28 heavy (non-hydrogen) atoms. The van der Waals surface area contributed by atoms with E-state index in [1.807, 2.05) is 6.92 Å². The highest BCUT2D eigenvalue weighted by molar-refractivity contribution is 6.01. The summed E-state index contributed by atoms with van der Waals surface area (Å²) in [6.07, 6.45) is 1.36. The second kappa shape index (κ2) is 11.1. The van der Waals surface area contributed by atoms with Crippen LogP contribution < -0.4 is 5.32 Å². The fourth-order valence-electron chi connectivity index (χ4n) is 2.89. The molecular weight excluding hydrogens is 372 g/mol. The molecule has 0 saturated carbocycles. The minimum Gasteiger partial charge on any atom is -0.388 e. The highest BCUT2D eigenvalue weighted by atomic mass is 16.7. The van der Waals surface area contributed by atoms with Crippen LogP contribution in [0.15, 0.2) is 0 Å². The van der Waals surface area contributed by atoms with E-state index >= 15 is 0 Å². The van der Waals surface area contributed by atoms with Crippen molar-refractivity contribution in [3.8, 4) is 0 Å². The summed E-state index contributed by atoms with van der Waals surface area (Å²) >= 11 is 0. The van der Waals surface area contributed by atoms with Crippen molar-refractivity contribution in [3.63, 3.8) is 0 Å². The van der Waals surface area contributed by atoms with Gasteiger partial charge in [0.2, 0.25) is 5.91 Å². The van der Waals surface area contributed by atoms with Crippen LogP contribution >= 0.6 is 0 Å². The van der Waals surface area contributed by atoms with Crippen LogP contribution in [0.4, 0.5) is 0 Å². The number of hydrogen-bond donors (Lipinski definition) is 2. The molecule has 158 valence electrons. The number of carbonyl (C=O) groups excluding carboxylic acids is 4. The summed E-state index contributed by atoms with van der Waals surface area (Å²) in [5.74, 6) is -1.88. The number of carbonyl (C=O) groups is 4. The highest BCUT2D eigenvalue weighted by Crippen LogP contribution is 2.19. The fraction of sp³-hybridized carbons (Fsp3) is 0.778. The number of aliphatic hydroxyl groups is 1. The maximum atomic E-state index is 11.8. The average molecular weight is 400 g/mol. The molecule has 2 fully saturated rings. The van der Waals surface area contributed by atoms with Gasteiger partial charge >= 0.3 is 5.97 Å². The van der Waals surface area contributed by atoms with Crippen LogP contribution in [0.1, 0.15) is 58.3 Å². The lowest BCUT2D eigenvalue weighted by molar-refractivity contribution is -0.235. The standard InChI is InChI=1S/C18H28N2O8/c1-12-6-7-13(21)18(27-12)26-11-10-19-14(22)4-2-3-5-17(25)28-20-15(23)8-9-16(20)24/h12-13,18,21H,2-11H2,1H3,(H,19,22)/t12-,13-,18+/m0/s1. The maximum absolute atomic E-state index is 11.8. The first-order valence-corrected chi connectivity index (χ1v) is 9.65. The largest absolute Gasteiger partial charge is 0.388 e. The Kier molecular flexibility index (Phi) is 8.81. The number of nitrogens with zero attached hydrogens (tertiary/aromatic N) is 1. The molecule has 3 amide bonds. The number of aliphatic hydroxyl groups excluding tert-OH is 1. The third-order valence-corrected chi connectivity index (χ3v) is 4.49. The first-order chi connectivity index (χ1) is 13.4. The van der Waals surface area contributed by atoms with Crippen LogP contribution in [0.2, 0.25) is 0 Å². The number of nitrogens with one attached hydrogen (secondary N) is 1. The van der Waals surface area contributed by atoms with E-state index in [0.29, 0.717) is 30.9 Å². The van der Waals surface area contributed by atoms with Gasteiger partial charge in [-0.25, -0.2) is 4.79 Å². The van der Waals surface area contributed by atoms with Crippen molar-refractivity contribution in [3.05, 3.63) is 0 Å². The predicted octanol–water partition coefficient (Wildman–Crippen LogP) is 0.173. The lowest BCUT2D eigenvalue weighted by Gasteiger charge is -2.31. The Morgan fingerprint density at radius 2 is 1.86 bits per heavy atom. The van der Waals surface area contributed by atoms with Crippen molar-refractivity contribution in [2.45, 2.75) is 76.8 Å². The van der Waals surface area contributed by atoms with E-state index in [0.717, 1.165) is 6.42 Å². The van der Waals surface area contributed by atoms with E-state index in [2.05, 4.69) is 5.32 Å². The third kappa shape index (κ3) is 7.17. The molecule has 10 nitrogen and oxygen atoms in total. The average Bonchev–Trinajstić information content (AvgIpc) is 2.97. The van der Waals surface area contributed by atoms with E-state index in [1.54, 1.807) is 0 Å². The SMILES string of the molecule is C[C@H]1CC[C@H](O)[C@H](OCCNC(=O)CCCCC(=O)ON2C(=O)CCC2=O)O1. The van der Waals surface area contributed by atoms with Gasteiger partial charge in [-0.2, -0.15) is 0 Å². The Bertz CT molecular complexity index is 566. The number of rotatable bonds is 10. The minimum atomic E-state index is -0.669. The molecule has 2 rings (SSSR count). The van der Waals surface area contributed by atoms with Gasteiger partial charge < -0.3 is 24.7 Å². The molecule has 0 aromatic heterocycles. The van der Waals surface area contributed by atoms with Gasteiger partial charge in [0.1, 0.15) is 6.10 Å². The van der Waals surface area contributed by atoms with Crippen LogP contribution in [0.5, 0.6) is 0 Å². The lowest BCUT2D eigenvalue weighted by Crippen LogP contribution is -2.41. The van der Waals surface area contributed by atoms with Crippen molar-refractivity contribution in [1.29, 1.82) is 0 Å². The van der Waals surface area contributed by atoms with Crippen LogP contribution in [0, 0.1) is 0 Å². The third-order valence-electron chi connectivity index (χ3n) is 4.49. The van der Waals surface area contributed by atoms with Crippen molar-refractivity contribution >= 4 is 23.7 Å². The van der Waals surface area contributed by atoms with Crippen LogP contribution in [0.3, 0.4) is 0 Å². The van der Waals surface area contributed by atoms with Gasteiger partial charge in [-0.3, -0.25) is 14.4 Å². The van der Waals surface area contributed by atoms with Crippen LogP contribution in [0.25, 0.3) is 0 Å². The van der Waals surface area contributed by atoms with Gasteiger partial charge in [0.25, 0.3) is 11.8 Å². The monoisotopic (exact) mass is 400 g/mol. The number of hydroxylamine groups is 2. The zero-order valence-electron chi connectivity index (χ0n) is 16.1. The zero-order valence-corrected chi connectivity index (χ0v) is 16.1. The van der Waals surface area contributed by atoms with Crippen molar-refractivity contribution in [2.24, 2.45) is 0 Å². The second-order valence-electron chi connectivity index (χ2n) is 6.93. The van der Waals surface area contributed by atoms with E-state index in [9.17, 15) is 24.3 Å². The molecule has 0 aromatic rings. The van der Waals surface area contributed by atoms with Crippen molar-refractivity contribution in [2.75, 3.05) is 13.2 Å². The first-order valence-electron chi connectivity index (χ1n) is 9.65. The van der Waals surface area contributed by atoms with Gasteiger partial charge in [-0.1, -0.05) is 0 Å². The molecule has 10 heteroatoms. The molecule has 2 aliphatic rings. The van der Waals surface area contributed by atoms with Gasteiger partial charge in [0.05, 0.1) is 12.7 Å². The number of imide groups is 1. The molecule has 0 spiro atoms. The topological polar surface area (TPSA) is 131 Å². The zero-order chi connectivity index (χ0) is 20.5. The summed E-state index contributed by atoms with van der Waals surface area (Å²) < 4.78 is 10.9. The number of amides is 3. The van der Waals surface area contributed by atoms with Crippen molar-refractivity contribution in [1.82, 2.24) is 10.4 Å². The van der Waals surface area contributed by atoms with E-state index in [4.69, 9.17) is 14.3 Å². The fourth-order valence-corrected chi connectivity index (χ4v) is 2.89. The Balaban J connectivity index is 1.49. The first kappa shape index (κ1) is 22.3. The smallest absolute Gasteiger partial charge is 0.333 e. The van der Waals surface area contributed by atoms with E-state index in [1.165, 1.54) is 0 Å². The minimum absolute atomic E-state index is 0.0164. The molecule has 0 aromatic carbocycles. The molecule has 3 atom stereocenters. The quantitative estimate of drug-likeness (QED) is 0.392. The molecule has 0 radical (unpaired) electrons. The molecular formula is C18H28N2O8. The summed E-state index contributed by atoms with van der Waals surface area (Å²) in [7, 11) is 0. The molecule has 0 unspecified atom stereocenters.